The van der Waals surface area contributed by atoms with Gasteiger partial charge < -0.3 is 20.1 Å². The van der Waals surface area contributed by atoms with Gasteiger partial charge in [0, 0.05) is 38.8 Å². The molecule has 0 unspecified atom stereocenters. The van der Waals surface area contributed by atoms with Gasteiger partial charge in [-0.3, -0.25) is 0 Å². The molecule has 0 saturated carbocycles. The Morgan fingerprint density at radius 3 is 2.87 bits per heavy atom. The maximum Gasteiger partial charge on any atom is 0.317 e. The number of rotatable bonds is 7. The predicted molar refractivity (Wildman–Crippen MR) is 90.4 cm³/mol. The highest BCUT2D eigenvalue weighted by molar-refractivity contribution is 5.74. The van der Waals surface area contributed by atoms with Crippen molar-refractivity contribution in [2.24, 2.45) is 5.41 Å². The fraction of sp³-hybridized carbons (Fsp3) is 0.611. The van der Waals surface area contributed by atoms with Crippen molar-refractivity contribution in [3.63, 3.8) is 0 Å². The molecule has 2 amide bonds. The maximum atomic E-state index is 12.4. The number of urea groups is 1. The second kappa shape index (κ2) is 8.89. The minimum Gasteiger partial charge on any atom is -0.396 e. The van der Waals surface area contributed by atoms with Crippen LogP contribution in [0.3, 0.4) is 0 Å². The minimum atomic E-state index is -0.217. The quantitative estimate of drug-likeness (QED) is 0.808. The Hall–Kier alpha value is -1.59. The standard InChI is InChI=1S/C18H28N2O3/c1-23-13-10-18(15-21)9-5-12-20(14-18)17(22)19-11-8-16-6-3-2-4-7-16/h2-4,6-7,21H,5,8-15H2,1H3,(H,19,22)/t18-/m1/s1. The highest BCUT2D eigenvalue weighted by Gasteiger charge is 2.36. The molecule has 5 heteroatoms. The Labute approximate surface area is 138 Å². The molecule has 1 saturated heterocycles. The molecule has 1 aromatic carbocycles. The fourth-order valence-electron chi connectivity index (χ4n) is 3.18. The summed E-state index contributed by atoms with van der Waals surface area (Å²) in [5, 5.41) is 12.8. The highest BCUT2D eigenvalue weighted by Crippen LogP contribution is 2.33. The van der Waals surface area contributed by atoms with Gasteiger partial charge in [0.25, 0.3) is 0 Å². The number of piperidine rings is 1. The third kappa shape index (κ3) is 5.22. The number of carbonyl (C=O) groups excluding carboxylic acids is 1. The van der Waals surface area contributed by atoms with Gasteiger partial charge >= 0.3 is 6.03 Å². The van der Waals surface area contributed by atoms with E-state index in [0.717, 1.165) is 32.2 Å². The molecule has 128 valence electrons. The first kappa shape index (κ1) is 17.8. The number of hydrogen-bond acceptors (Lipinski definition) is 3. The van der Waals surface area contributed by atoms with Crippen LogP contribution in [0, 0.1) is 5.41 Å². The van der Waals surface area contributed by atoms with Crippen LogP contribution in [0.4, 0.5) is 4.79 Å². The van der Waals surface area contributed by atoms with Crippen molar-refractivity contribution < 1.29 is 14.6 Å². The number of methoxy groups -OCH3 is 1. The smallest absolute Gasteiger partial charge is 0.317 e. The fourth-order valence-corrected chi connectivity index (χ4v) is 3.18. The molecule has 23 heavy (non-hydrogen) atoms. The first-order valence-corrected chi connectivity index (χ1v) is 8.36. The van der Waals surface area contributed by atoms with E-state index < -0.39 is 0 Å². The van der Waals surface area contributed by atoms with Crippen LogP contribution in [0.15, 0.2) is 30.3 Å². The maximum absolute atomic E-state index is 12.4. The number of likely N-dealkylation sites (tertiary alicyclic amines) is 1. The third-order valence-electron chi connectivity index (χ3n) is 4.65. The van der Waals surface area contributed by atoms with Crippen molar-refractivity contribution in [2.75, 3.05) is 40.0 Å². The molecule has 2 N–H and O–H groups in total. The molecular weight excluding hydrogens is 292 g/mol. The number of carbonyl (C=O) groups is 1. The van der Waals surface area contributed by atoms with Crippen LogP contribution in [-0.4, -0.2) is 56.0 Å². The Bertz CT molecular complexity index is 480. The molecule has 5 nitrogen and oxygen atoms in total. The average Bonchev–Trinajstić information content (AvgIpc) is 2.61. The highest BCUT2D eigenvalue weighted by atomic mass is 16.5. The number of benzene rings is 1. The Kier molecular flexibility index (Phi) is 6.86. The summed E-state index contributed by atoms with van der Waals surface area (Å²) in [5.41, 5.74) is 1.00. The molecule has 1 aliphatic rings. The summed E-state index contributed by atoms with van der Waals surface area (Å²) in [6, 6.07) is 10.1. The lowest BCUT2D eigenvalue weighted by atomic mass is 9.78. The van der Waals surface area contributed by atoms with E-state index in [4.69, 9.17) is 4.74 Å². The van der Waals surface area contributed by atoms with E-state index in [9.17, 15) is 9.90 Å². The Morgan fingerprint density at radius 2 is 2.17 bits per heavy atom. The molecule has 0 aliphatic carbocycles. The van der Waals surface area contributed by atoms with Crippen LogP contribution < -0.4 is 5.32 Å². The first-order valence-electron chi connectivity index (χ1n) is 8.36. The summed E-state index contributed by atoms with van der Waals surface area (Å²) in [6.07, 6.45) is 3.49. The molecule has 1 aromatic rings. The molecule has 0 radical (unpaired) electrons. The number of hydrogen-bond donors (Lipinski definition) is 2. The van der Waals surface area contributed by atoms with Gasteiger partial charge in [0.15, 0.2) is 0 Å². The van der Waals surface area contributed by atoms with Crippen molar-refractivity contribution in [1.82, 2.24) is 10.2 Å². The van der Waals surface area contributed by atoms with E-state index in [-0.39, 0.29) is 18.1 Å². The van der Waals surface area contributed by atoms with Crippen molar-refractivity contribution in [3.05, 3.63) is 35.9 Å². The Morgan fingerprint density at radius 1 is 1.39 bits per heavy atom. The molecular formula is C18H28N2O3. The van der Waals surface area contributed by atoms with Gasteiger partial charge in [-0.2, -0.15) is 0 Å². The number of amides is 2. The zero-order chi connectivity index (χ0) is 16.5. The van der Waals surface area contributed by atoms with E-state index in [0.29, 0.717) is 19.7 Å². The van der Waals surface area contributed by atoms with Crippen LogP contribution in [0.2, 0.25) is 0 Å². The van der Waals surface area contributed by atoms with Gasteiger partial charge in [-0.05, 0) is 31.2 Å². The van der Waals surface area contributed by atoms with Gasteiger partial charge in [0.1, 0.15) is 0 Å². The second-order valence-corrected chi connectivity index (χ2v) is 6.39. The third-order valence-corrected chi connectivity index (χ3v) is 4.65. The molecule has 0 bridgehead atoms. The molecule has 0 aromatic heterocycles. The lowest BCUT2D eigenvalue weighted by Crippen LogP contribution is -2.51. The SMILES string of the molecule is COCC[C@]1(CO)CCCN(C(=O)NCCc2ccccc2)C1. The molecule has 1 atom stereocenters. The summed E-state index contributed by atoms with van der Waals surface area (Å²) in [4.78, 5) is 14.2. The second-order valence-electron chi connectivity index (χ2n) is 6.39. The average molecular weight is 320 g/mol. The van der Waals surface area contributed by atoms with Crippen LogP contribution in [-0.2, 0) is 11.2 Å². The van der Waals surface area contributed by atoms with Gasteiger partial charge in [0.05, 0.1) is 6.61 Å². The van der Waals surface area contributed by atoms with Crippen molar-refractivity contribution in [2.45, 2.75) is 25.7 Å². The van der Waals surface area contributed by atoms with Gasteiger partial charge in [-0.25, -0.2) is 4.79 Å². The summed E-state index contributed by atoms with van der Waals surface area (Å²) in [5.74, 6) is 0. The number of ether oxygens (including phenoxy) is 1. The van der Waals surface area contributed by atoms with E-state index in [1.807, 2.05) is 23.1 Å². The molecule has 1 fully saturated rings. The normalized spacial score (nSPS) is 21.2. The van der Waals surface area contributed by atoms with Crippen LogP contribution >= 0.6 is 0 Å². The van der Waals surface area contributed by atoms with Crippen molar-refractivity contribution in [3.8, 4) is 0 Å². The van der Waals surface area contributed by atoms with Gasteiger partial charge in [-0.1, -0.05) is 30.3 Å². The number of aliphatic hydroxyl groups excluding tert-OH is 1. The molecule has 1 aliphatic heterocycles. The van der Waals surface area contributed by atoms with Crippen LogP contribution in [0.25, 0.3) is 0 Å². The van der Waals surface area contributed by atoms with Gasteiger partial charge in [-0.15, -0.1) is 0 Å². The lowest BCUT2D eigenvalue weighted by molar-refractivity contribution is 0.0201. The van der Waals surface area contributed by atoms with Crippen LogP contribution in [0.1, 0.15) is 24.8 Å². The minimum absolute atomic E-state index is 0.0316. The Balaban J connectivity index is 1.81. The predicted octanol–water partition coefficient (Wildman–Crippen LogP) is 2.05. The largest absolute Gasteiger partial charge is 0.396 e. The number of nitrogens with one attached hydrogen (secondary N) is 1. The van der Waals surface area contributed by atoms with E-state index in [1.54, 1.807) is 7.11 Å². The van der Waals surface area contributed by atoms with Crippen molar-refractivity contribution in [1.29, 1.82) is 0 Å². The van der Waals surface area contributed by atoms with Crippen molar-refractivity contribution >= 4 is 6.03 Å². The lowest BCUT2D eigenvalue weighted by Gasteiger charge is -2.41. The van der Waals surface area contributed by atoms with Crippen LogP contribution in [0.5, 0.6) is 0 Å². The summed E-state index contributed by atoms with van der Waals surface area (Å²) in [6.45, 7) is 2.70. The topological polar surface area (TPSA) is 61.8 Å². The zero-order valence-corrected chi connectivity index (χ0v) is 14.0. The molecule has 0 spiro atoms. The first-order chi connectivity index (χ1) is 11.2. The molecule has 2 rings (SSSR count). The number of nitrogens with zero attached hydrogens (tertiary/aromatic N) is 1. The molecule has 1 heterocycles. The summed E-state index contributed by atoms with van der Waals surface area (Å²) >= 11 is 0. The van der Waals surface area contributed by atoms with E-state index >= 15 is 0 Å². The summed E-state index contributed by atoms with van der Waals surface area (Å²) < 4.78 is 5.15. The summed E-state index contributed by atoms with van der Waals surface area (Å²) in [7, 11) is 1.67. The van der Waals surface area contributed by atoms with E-state index in [1.165, 1.54) is 5.56 Å². The van der Waals surface area contributed by atoms with E-state index in [2.05, 4.69) is 17.4 Å². The van der Waals surface area contributed by atoms with Gasteiger partial charge in [0.2, 0.25) is 0 Å². The monoisotopic (exact) mass is 320 g/mol. The zero-order valence-electron chi connectivity index (χ0n) is 14.0. The number of aliphatic hydroxyl groups is 1.